The molecule has 27 heavy (non-hydrogen) atoms. The topological polar surface area (TPSA) is 108 Å². The molecule has 1 heterocycles. The van der Waals surface area contributed by atoms with Gasteiger partial charge in [-0.05, 0) is 37.6 Å². The van der Waals surface area contributed by atoms with Crippen molar-refractivity contribution in [3.8, 4) is 0 Å². The lowest BCUT2D eigenvalue weighted by Crippen LogP contribution is -2.21. The third-order valence-electron chi connectivity index (χ3n) is 3.93. The molecule has 0 saturated carbocycles. The van der Waals surface area contributed by atoms with Gasteiger partial charge >= 0.3 is 11.7 Å². The Bertz CT molecular complexity index is 1160. The molecule has 0 amide bonds. The van der Waals surface area contributed by atoms with Gasteiger partial charge in [-0.25, -0.2) is 13.2 Å². The van der Waals surface area contributed by atoms with E-state index in [-0.39, 0.29) is 23.6 Å². The monoisotopic (exact) mass is 390 g/mol. The molecular formula is C18H18N2O6S. The number of carbonyl (C=O) groups is 1. The molecule has 8 nitrogen and oxygen atoms in total. The Balaban J connectivity index is 1.96. The Kier molecular flexibility index (Phi) is 5.04. The van der Waals surface area contributed by atoms with Crippen LogP contribution in [0.1, 0.15) is 12.5 Å². The van der Waals surface area contributed by atoms with Crippen LogP contribution in [0.5, 0.6) is 0 Å². The summed E-state index contributed by atoms with van der Waals surface area (Å²) in [6.45, 7) is 3.33. The molecule has 142 valence electrons. The van der Waals surface area contributed by atoms with Gasteiger partial charge in [0.1, 0.15) is 6.54 Å². The second kappa shape index (κ2) is 7.28. The SMILES string of the molecule is CCOC(=O)Cn1c(=O)oc2cc(S(=O)(=O)Nc3ccccc3C)ccc21. The lowest BCUT2D eigenvalue weighted by molar-refractivity contribution is -0.143. The van der Waals surface area contributed by atoms with Crippen LogP contribution in [0.2, 0.25) is 0 Å². The second-order valence-electron chi connectivity index (χ2n) is 5.81. The molecule has 0 fully saturated rings. The molecule has 0 aliphatic heterocycles. The number of anilines is 1. The molecule has 0 unspecified atom stereocenters. The third kappa shape index (κ3) is 3.87. The van der Waals surface area contributed by atoms with Gasteiger partial charge in [-0.3, -0.25) is 14.1 Å². The first-order chi connectivity index (χ1) is 12.8. The first kappa shape index (κ1) is 18.7. The normalized spacial score (nSPS) is 11.5. The van der Waals surface area contributed by atoms with Crippen molar-refractivity contribution >= 4 is 32.8 Å². The standard InChI is InChI=1S/C18H18N2O6S/c1-3-25-17(21)11-20-15-9-8-13(10-16(15)26-18(20)22)27(23,24)19-14-7-5-4-6-12(14)2/h4-10,19H,3,11H2,1-2H3. The quantitative estimate of drug-likeness (QED) is 0.647. The maximum atomic E-state index is 12.6. The van der Waals surface area contributed by atoms with Crippen molar-refractivity contribution in [3.05, 3.63) is 58.6 Å². The molecule has 1 aromatic heterocycles. The average Bonchev–Trinajstić information content (AvgIpc) is 2.92. The van der Waals surface area contributed by atoms with E-state index >= 15 is 0 Å². The van der Waals surface area contributed by atoms with E-state index in [0.29, 0.717) is 11.2 Å². The Morgan fingerprint density at radius 3 is 2.67 bits per heavy atom. The van der Waals surface area contributed by atoms with E-state index in [1.54, 1.807) is 38.1 Å². The molecule has 0 aliphatic rings. The number of aromatic nitrogens is 1. The summed E-state index contributed by atoms with van der Waals surface area (Å²) in [7, 11) is -3.88. The summed E-state index contributed by atoms with van der Waals surface area (Å²) in [5, 5.41) is 0. The van der Waals surface area contributed by atoms with E-state index in [1.807, 2.05) is 0 Å². The van der Waals surface area contributed by atoms with E-state index in [4.69, 9.17) is 9.15 Å². The van der Waals surface area contributed by atoms with Gasteiger partial charge in [0.05, 0.1) is 22.7 Å². The Labute approximate surface area is 155 Å². The first-order valence-electron chi connectivity index (χ1n) is 8.19. The molecule has 0 radical (unpaired) electrons. The molecule has 0 bridgehead atoms. The average molecular weight is 390 g/mol. The van der Waals surface area contributed by atoms with Gasteiger partial charge in [0.25, 0.3) is 10.0 Å². The Morgan fingerprint density at radius 2 is 1.96 bits per heavy atom. The molecule has 3 rings (SSSR count). The van der Waals surface area contributed by atoms with Gasteiger partial charge in [-0.1, -0.05) is 18.2 Å². The smallest absolute Gasteiger partial charge is 0.420 e. The number of rotatable bonds is 6. The number of esters is 1. The fourth-order valence-electron chi connectivity index (χ4n) is 2.59. The summed E-state index contributed by atoms with van der Waals surface area (Å²) < 4.78 is 38.8. The van der Waals surface area contributed by atoms with Gasteiger partial charge in [0.2, 0.25) is 0 Å². The van der Waals surface area contributed by atoms with Crippen molar-refractivity contribution in [2.75, 3.05) is 11.3 Å². The van der Waals surface area contributed by atoms with Crippen molar-refractivity contribution in [2.24, 2.45) is 0 Å². The summed E-state index contributed by atoms with van der Waals surface area (Å²) in [5.41, 5.74) is 1.60. The summed E-state index contributed by atoms with van der Waals surface area (Å²) in [6.07, 6.45) is 0. The van der Waals surface area contributed by atoms with E-state index in [2.05, 4.69) is 4.72 Å². The number of aryl methyl sites for hydroxylation is 1. The highest BCUT2D eigenvalue weighted by Crippen LogP contribution is 2.22. The zero-order valence-electron chi connectivity index (χ0n) is 14.8. The Morgan fingerprint density at radius 1 is 1.22 bits per heavy atom. The number of fused-ring (bicyclic) bond motifs is 1. The molecule has 1 N–H and O–H groups in total. The molecule has 9 heteroatoms. The number of nitrogens with one attached hydrogen (secondary N) is 1. The predicted molar refractivity (Wildman–Crippen MR) is 99.1 cm³/mol. The zero-order valence-corrected chi connectivity index (χ0v) is 15.6. The van der Waals surface area contributed by atoms with Crippen molar-refractivity contribution in [1.82, 2.24) is 4.57 Å². The minimum atomic E-state index is -3.88. The van der Waals surface area contributed by atoms with Crippen LogP contribution in [0.15, 0.2) is 56.6 Å². The van der Waals surface area contributed by atoms with E-state index in [1.165, 1.54) is 18.2 Å². The minimum Gasteiger partial charge on any atom is -0.465 e. The first-order valence-corrected chi connectivity index (χ1v) is 9.67. The number of hydrogen-bond donors (Lipinski definition) is 1. The number of para-hydroxylation sites is 1. The largest absolute Gasteiger partial charge is 0.465 e. The maximum Gasteiger partial charge on any atom is 0.420 e. The van der Waals surface area contributed by atoms with Gasteiger partial charge in [-0.2, -0.15) is 0 Å². The number of sulfonamides is 1. The molecule has 2 aromatic carbocycles. The fourth-order valence-corrected chi connectivity index (χ4v) is 3.74. The van der Waals surface area contributed by atoms with E-state index in [0.717, 1.165) is 10.1 Å². The van der Waals surface area contributed by atoms with Gasteiger partial charge in [0.15, 0.2) is 5.58 Å². The Hall–Kier alpha value is -3.07. The predicted octanol–water partition coefficient (Wildman–Crippen LogP) is 2.27. The van der Waals surface area contributed by atoms with Crippen LogP contribution in [-0.4, -0.2) is 25.6 Å². The third-order valence-corrected chi connectivity index (χ3v) is 5.30. The number of carbonyl (C=O) groups excluding carboxylic acids is 1. The minimum absolute atomic E-state index is 0.0599. The number of hydrogen-bond acceptors (Lipinski definition) is 6. The van der Waals surface area contributed by atoms with Gasteiger partial charge in [0, 0.05) is 6.07 Å². The van der Waals surface area contributed by atoms with Crippen LogP contribution in [0.4, 0.5) is 5.69 Å². The highest BCUT2D eigenvalue weighted by Gasteiger charge is 2.19. The van der Waals surface area contributed by atoms with Crippen LogP contribution in [-0.2, 0) is 26.1 Å². The molecule has 0 atom stereocenters. The van der Waals surface area contributed by atoms with Crippen LogP contribution in [0.25, 0.3) is 11.1 Å². The lowest BCUT2D eigenvalue weighted by atomic mass is 10.2. The summed E-state index contributed by atoms with van der Waals surface area (Å²) in [5.74, 6) is -1.35. The molecule has 0 aliphatic carbocycles. The number of nitrogens with zero attached hydrogens (tertiary/aromatic N) is 1. The summed E-state index contributed by atoms with van der Waals surface area (Å²) in [6, 6.07) is 11.0. The molecule has 0 saturated heterocycles. The van der Waals surface area contributed by atoms with Crippen LogP contribution in [0.3, 0.4) is 0 Å². The lowest BCUT2D eigenvalue weighted by Gasteiger charge is -2.10. The second-order valence-corrected chi connectivity index (χ2v) is 7.49. The molecule has 3 aromatic rings. The summed E-state index contributed by atoms with van der Waals surface area (Å²) >= 11 is 0. The number of oxazole rings is 1. The van der Waals surface area contributed by atoms with Crippen molar-refractivity contribution in [3.63, 3.8) is 0 Å². The van der Waals surface area contributed by atoms with Crippen molar-refractivity contribution < 1.29 is 22.4 Å². The highest BCUT2D eigenvalue weighted by molar-refractivity contribution is 7.92. The van der Waals surface area contributed by atoms with Crippen LogP contribution < -0.4 is 10.5 Å². The van der Waals surface area contributed by atoms with Crippen LogP contribution >= 0.6 is 0 Å². The van der Waals surface area contributed by atoms with Crippen LogP contribution in [0, 0.1) is 6.92 Å². The number of ether oxygens (including phenoxy) is 1. The van der Waals surface area contributed by atoms with E-state index < -0.39 is 21.7 Å². The highest BCUT2D eigenvalue weighted by atomic mass is 32.2. The molecular weight excluding hydrogens is 372 g/mol. The fraction of sp³-hybridized carbons (Fsp3) is 0.222. The zero-order chi connectivity index (χ0) is 19.6. The van der Waals surface area contributed by atoms with E-state index in [9.17, 15) is 18.0 Å². The van der Waals surface area contributed by atoms with Crippen molar-refractivity contribution in [1.29, 1.82) is 0 Å². The summed E-state index contributed by atoms with van der Waals surface area (Å²) in [4.78, 5) is 23.6. The van der Waals surface area contributed by atoms with Gasteiger partial charge in [-0.15, -0.1) is 0 Å². The van der Waals surface area contributed by atoms with Crippen molar-refractivity contribution in [2.45, 2.75) is 25.3 Å². The maximum absolute atomic E-state index is 12.6. The number of benzene rings is 2. The van der Waals surface area contributed by atoms with Gasteiger partial charge < -0.3 is 9.15 Å². The molecule has 0 spiro atoms.